The predicted octanol–water partition coefficient (Wildman–Crippen LogP) is 4.13. The highest BCUT2D eigenvalue weighted by molar-refractivity contribution is 7.85. The van der Waals surface area contributed by atoms with Gasteiger partial charge in [-0.2, -0.15) is 13.7 Å². The van der Waals surface area contributed by atoms with E-state index in [4.69, 9.17) is 8.97 Å². The maximum Gasteiger partial charge on any atom is 0.294 e. The van der Waals surface area contributed by atoms with Crippen molar-refractivity contribution in [3.8, 4) is 17.4 Å². The van der Waals surface area contributed by atoms with Crippen LogP contribution in [0.3, 0.4) is 0 Å². The molecular formula is C20H13N3O4S. The number of nitrogens with zero attached hydrogens (tertiary/aromatic N) is 2. The van der Waals surface area contributed by atoms with Crippen LogP contribution < -0.4 is 0 Å². The third-order valence-corrected chi connectivity index (χ3v) is 4.98. The van der Waals surface area contributed by atoms with Crippen LogP contribution in [0.1, 0.15) is 11.6 Å². The van der Waals surface area contributed by atoms with Gasteiger partial charge in [0.1, 0.15) is 23.4 Å². The lowest BCUT2D eigenvalue weighted by Crippen LogP contribution is -1.96. The summed E-state index contributed by atoms with van der Waals surface area (Å²) in [7, 11) is -4.24. The molecule has 0 saturated carbocycles. The highest BCUT2D eigenvalue weighted by Gasteiger charge is 2.12. The van der Waals surface area contributed by atoms with Crippen LogP contribution in [0.5, 0.6) is 0 Å². The molecule has 0 bridgehead atoms. The zero-order valence-electron chi connectivity index (χ0n) is 14.3. The molecule has 7 nitrogen and oxygen atoms in total. The molecule has 8 heteroatoms. The SMILES string of the molecule is N#C/C(=C/c1ccc(-c2ccc(S(=O)(=O)O)cc2)o1)c1nc2ccccc2[nH]1. The number of aromatic nitrogens is 2. The number of hydrogen-bond acceptors (Lipinski definition) is 5. The Bertz CT molecular complexity index is 1310. The number of furan rings is 1. The van der Waals surface area contributed by atoms with E-state index < -0.39 is 10.1 Å². The van der Waals surface area contributed by atoms with E-state index in [-0.39, 0.29) is 4.90 Å². The summed E-state index contributed by atoms with van der Waals surface area (Å²) in [6.45, 7) is 0. The first-order valence-corrected chi connectivity index (χ1v) is 9.63. The van der Waals surface area contributed by atoms with Gasteiger partial charge in [-0.05, 0) is 48.5 Å². The van der Waals surface area contributed by atoms with Crippen molar-refractivity contribution in [2.24, 2.45) is 0 Å². The summed E-state index contributed by atoms with van der Waals surface area (Å²) in [4.78, 5) is 7.32. The number of benzene rings is 2. The second-order valence-electron chi connectivity index (χ2n) is 5.97. The lowest BCUT2D eigenvalue weighted by Gasteiger charge is -1.99. The van der Waals surface area contributed by atoms with Crippen molar-refractivity contribution >= 4 is 32.8 Å². The maximum atomic E-state index is 11.1. The molecule has 2 aromatic heterocycles. The van der Waals surface area contributed by atoms with Gasteiger partial charge < -0.3 is 9.40 Å². The van der Waals surface area contributed by atoms with Gasteiger partial charge >= 0.3 is 0 Å². The standard InChI is InChI=1S/C20H13N3O4S/c21-12-14(20-22-17-3-1-2-4-18(17)23-20)11-15-7-10-19(27-15)13-5-8-16(9-6-13)28(24,25)26/h1-11H,(H,22,23)(H,24,25,26)/b14-11-. The van der Waals surface area contributed by atoms with Crippen LogP contribution >= 0.6 is 0 Å². The van der Waals surface area contributed by atoms with Gasteiger partial charge in [-0.25, -0.2) is 4.98 Å². The normalized spacial score (nSPS) is 12.2. The molecule has 0 radical (unpaired) electrons. The predicted molar refractivity (Wildman–Crippen MR) is 104 cm³/mol. The highest BCUT2D eigenvalue weighted by atomic mass is 32.2. The Labute approximate surface area is 160 Å². The molecule has 28 heavy (non-hydrogen) atoms. The second-order valence-corrected chi connectivity index (χ2v) is 7.40. The first-order chi connectivity index (χ1) is 13.4. The van der Waals surface area contributed by atoms with E-state index in [2.05, 4.69) is 16.0 Å². The second kappa shape index (κ2) is 6.81. The fraction of sp³-hybridized carbons (Fsp3) is 0. The minimum absolute atomic E-state index is 0.195. The van der Waals surface area contributed by atoms with E-state index in [1.54, 1.807) is 18.2 Å². The van der Waals surface area contributed by atoms with Gasteiger partial charge in [-0.15, -0.1) is 0 Å². The average molecular weight is 391 g/mol. The molecule has 0 spiro atoms. The fourth-order valence-electron chi connectivity index (χ4n) is 2.75. The van der Waals surface area contributed by atoms with Gasteiger partial charge in [0.25, 0.3) is 10.1 Å². The summed E-state index contributed by atoms with van der Waals surface area (Å²) < 4.78 is 37.0. The number of rotatable bonds is 4. The summed E-state index contributed by atoms with van der Waals surface area (Å²) in [6.07, 6.45) is 1.58. The number of imidazole rings is 1. The van der Waals surface area contributed by atoms with Crippen LogP contribution in [0, 0.1) is 11.3 Å². The molecule has 0 aliphatic rings. The topological polar surface area (TPSA) is 120 Å². The lowest BCUT2D eigenvalue weighted by atomic mass is 10.2. The Balaban J connectivity index is 1.65. The van der Waals surface area contributed by atoms with Gasteiger partial charge in [0.05, 0.1) is 21.5 Å². The molecule has 2 aromatic carbocycles. The van der Waals surface area contributed by atoms with Gasteiger partial charge in [0, 0.05) is 11.6 Å². The number of nitriles is 1. The van der Waals surface area contributed by atoms with E-state index in [0.29, 0.717) is 28.5 Å². The molecule has 0 saturated heterocycles. The van der Waals surface area contributed by atoms with E-state index >= 15 is 0 Å². The first-order valence-electron chi connectivity index (χ1n) is 8.19. The Morgan fingerprint density at radius 3 is 2.54 bits per heavy atom. The molecule has 138 valence electrons. The molecular weight excluding hydrogens is 378 g/mol. The minimum Gasteiger partial charge on any atom is -0.457 e. The quantitative estimate of drug-likeness (QED) is 0.399. The molecule has 0 fully saturated rings. The van der Waals surface area contributed by atoms with Crippen molar-refractivity contribution in [3.05, 3.63) is 72.2 Å². The molecule has 0 unspecified atom stereocenters. The number of aromatic amines is 1. The van der Waals surface area contributed by atoms with Crippen LogP contribution in [-0.4, -0.2) is 22.9 Å². The Hall–Kier alpha value is -3.67. The van der Waals surface area contributed by atoms with Crippen LogP contribution in [0.4, 0.5) is 0 Å². The Morgan fingerprint density at radius 1 is 1.11 bits per heavy atom. The average Bonchev–Trinajstić information content (AvgIpc) is 3.32. The monoisotopic (exact) mass is 391 g/mol. The number of hydrogen-bond donors (Lipinski definition) is 2. The number of H-pyrrole nitrogens is 1. The summed E-state index contributed by atoms with van der Waals surface area (Å²) in [5.74, 6) is 1.39. The molecule has 4 aromatic rings. The molecule has 0 aliphatic heterocycles. The maximum absolute atomic E-state index is 11.1. The number of para-hydroxylation sites is 2. The van der Waals surface area contributed by atoms with Crippen molar-refractivity contribution in [1.29, 1.82) is 5.26 Å². The Morgan fingerprint density at radius 2 is 1.86 bits per heavy atom. The number of allylic oxidation sites excluding steroid dienone is 1. The van der Waals surface area contributed by atoms with Crippen LogP contribution in [0.25, 0.3) is 34.0 Å². The summed E-state index contributed by atoms with van der Waals surface area (Å²) in [6, 6.07) is 18.6. The Kier molecular flexibility index (Phi) is 4.31. The molecule has 0 atom stereocenters. The third-order valence-electron chi connectivity index (χ3n) is 4.12. The van der Waals surface area contributed by atoms with Gasteiger partial charge in [-0.3, -0.25) is 4.55 Å². The summed E-state index contributed by atoms with van der Waals surface area (Å²) >= 11 is 0. The minimum atomic E-state index is -4.24. The smallest absolute Gasteiger partial charge is 0.294 e. The van der Waals surface area contributed by atoms with Crippen LogP contribution in [0.2, 0.25) is 0 Å². The van der Waals surface area contributed by atoms with Crippen molar-refractivity contribution in [2.45, 2.75) is 4.90 Å². The number of fused-ring (bicyclic) bond motifs is 1. The summed E-state index contributed by atoms with van der Waals surface area (Å²) in [5, 5.41) is 9.50. The van der Waals surface area contributed by atoms with E-state index in [0.717, 1.165) is 11.0 Å². The van der Waals surface area contributed by atoms with E-state index in [1.165, 1.54) is 24.3 Å². The summed E-state index contributed by atoms with van der Waals surface area (Å²) in [5.41, 5.74) is 2.54. The van der Waals surface area contributed by atoms with Crippen molar-refractivity contribution < 1.29 is 17.4 Å². The van der Waals surface area contributed by atoms with Gasteiger partial charge in [0.15, 0.2) is 0 Å². The fourth-order valence-corrected chi connectivity index (χ4v) is 3.23. The highest BCUT2D eigenvalue weighted by Crippen LogP contribution is 2.26. The number of nitrogens with one attached hydrogen (secondary N) is 1. The zero-order valence-corrected chi connectivity index (χ0v) is 15.1. The van der Waals surface area contributed by atoms with Crippen LogP contribution in [-0.2, 0) is 10.1 Å². The van der Waals surface area contributed by atoms with Crippen molar-refractivity contribution in [1.82, 2.24) is 9.97 Å². The van der Waals surface area contributed by atoms with Crippen molar-refractivity contribution in [3.63, 3.8) is 0 Å². The van der Waals surface area contributed by atoms with Crippen molar-refractivity contribution in [2.75, 3.05) is 0 Å². The third kappa shape index (κ3) is 3.44. The van der Waals surface area contributed by atoms with E-state index in [1.807, 2.05) is 24.3 Å². The van der Waals surface area contributed by atoms with Crippen LogP contribution in [0.15, 0.2) is 70.0 Å². The zero-order chi connectivity index (χ0) is 19.7. The molecule has 2 N–H and O–H groups in total. The first kappa shape index (κ1) is 17.7. The van der Waals surface area contributed by atoms with Gasteiger partial charge in [0.2, 0.25) is 0 Å². The molecule has 0 aliphatic carbocycles. The molecule has 4 rings (SSSR count). The van der Waals surface area contributed by atoms with E-state index in [9.17, 15) is 13.7 Å². The lowest BCUT2D eigenvalue weighted by molar-refractivity contribution is 0.483. The largest absolute Gasteiger partial charge is 0.457 e. The molecule has 2 heterocycles. The van der Waals surface area contributed by atoms with Gasteiger partial charge in [-0.1, -0.05) is 12.1 Å². The molecule has 0 amide bonds.